The van der Waals surface area contributed by atoms with Crippen LogP contribution in [0.5, 0.6) is 0 Å². The molecule has 0 saturated carbocycles. The van der Waals surface area contributed by atoms with Crippen molar-refractivity contribution in [2.24, 2.45) is 5.92 Å². The minimum absolute atomic E-state index is 0.161. The van der Waals surface area contributed by atoms with Crippen molar-refractivity contribution in [2.45, 2.75) is 19.0 Å². The number of sulfonamides is 1. The largest absolute Gasteiger partial charge is 0.346 e. The Hall–Kier alpha value is -2.00. The third kappa shape index (κ3) is 4.73. The minimum Gasteiger partial charge on any atom is -0.315 e. The molecule has 8 nitrogen and oxygen atoms in total. The van der Waals surface area contributed by atoms with Gasteiger partial charge >= 0.3 is 6.03 Å². The first kappa shape index (κ1) is 19.0. The van der Waals surface area contributed by atoms with Crippen molar-refractivity contribution >= 4 is 16.1 Å². The van der Waals surface area contributed by atoms with Crippen molar-refractivity contribution in [3.63, 3.8) is 0 Å². The molecule has 0 aliphatic carbocycles. The normalized spacial score (nSPS) is 11.7. The number of carbonyl (C=O) groups excluding carboxylic acids is 1. The summed E-state index contributed by atoms with van der Waals surface area (Å²) in [7, 11) is -2.36. The van der Waals surface area contributed by atoms with Gasteiger partial charge in [-0.15, -0.1) is 18.3 Å². The first-order valence-electron chi connectivity index (χ1n) is 7.13. The van der Waals surface area contributed by atoms with Crippen molar-refractivity contribution in [3.05, 3.63) is 31.6 Å². The summed E-state index contributed by atoms with van der Waals surface area (Å²) in [4.78, 5) is 17.5. The Balaban J connectivity index is 3.02. The molecule has 0 aliphatic heterocycles. The SMILES string of the molecule is C=CCN(CC=C)C(=O)n1cnc(S(=O)(=O)N(C)CC(C)C)n1. The highest BCUT2D eigenvalue weighted by molar-refractivity contribution is 7.88. The third-order valence-corrected chi connectivity index (χ3v) is 4.52. The van der Waals surface area contributed by atoms with Crippen LogP contribution in [0.4, 0.5) is 4.79 Å². The van der Waals surface area contributed by atoms with Crippen LogP contribution in [0.1, 0.15) is 13.8 Å². The first-order chi connectivity index (χ1) is 10.7. The second-order valence-corrected chi connectivity index (χ2v) is 7.35. The predicted octanol–water partition coefficient (Wildman–Crippen LogP) is 1.20. The van der Waals surface area contributed by atoms with E-state index in [2.05, 4.69) is 23.2 Å². The van der Waals surface area contributed by atoms with Crippen LogP contribution < -0.4 is 0 Å². The maximum Gasteiger partial charge on any atom is 0.346 e. The van der Waals surface area contributed by atoms with E-state index in [-0.39, 0.29) is 5.92 Å². The molecule has 0 aliphatic rings. The fourth-order valence-electron chi connectivity index (χ4n) is 1.90. The van der Waals surface area contributed by atoms with Gasteiger partial charge in [0, 0.05) is 26.7 Å². The highest BCUT2D eigenvalue weighted by Gasteiger charge is 2.27. The van der Waals surface area contributed by atoms with E-state index in [4.69, 9.17) is 0 Å². The van der Waals surface area contributed by atoms with E-state index in [9.17, 15) is 13.2 Å². The van der Waals surface area contributed by atoms with E-state index in [1.807, 2.05) is 13.8 Å². The van der Waals surface area contributed by atoms with Gasteiger partial charge in [-0.2, -0.15) is 8.99 Å². The lowest BCUT2D eigenvalue weighted by atomic mass is 10.2. The van der Waals surface area contributed by atoms with Gasteiger partial charge in [-0.3, -0.25) is 0 Å². The molecule has 1 aromatic rings. The zero-order valence-corrected chi connectivity index (χ0v) is 14.5. The molecule has 1 aromatic heterocycles. The molecule has 0 saturated heterocycles. The van der Waals surface area contributed by atoms with Gasteiger partial charge in [-0.05, 0) is 5.92 Å². The van der Waals surface area contributed by atoms with Gasteiger partial charge in [-0.1, -0.05) is 26.0 Å². The van der Waals surface area contributed by atoms with Crippen LogP contribution in [-0.4, -0.2) is 65.1 Å². The number of hydrogen-bond acceptors (Lipinski definition) is 5. The number of aromatic nitrogens is 3. The lowest BCUT2D eigenvalue weighted by molar-refractivity contribution is 0.206. The molecule has 0 bridgehead atoms. The minimum atomic E-state index is -3.82. The summed E-state index contributed by atoms with van der Waals surface area (Å²) >= 11 is 0. The average Bonchev–Trinajstić information content (AvgIpc) is 2.96. The number of hydrogen-bond donors (Lipinski definition) is 0. The Morgan fingerprint density at radius 3 is 2.39 bits per heavy atom. The Morgan fingerprint density at radius 1 is 1.35 bits per heavy atom. The number of amides is 1. The van der Waals surface area contributed by atoms with Crippen LogP contribution in [0.2, 0.25) is 0 Å². The molecule has 0 unspecified atom stereocenters. The van der Waals surface area contributed by atoms with E-state index < -0.39 is 21.2 Å². The summed E-state index contributed by atoms with van der Waals surface area (Å²) in [5.41, 5.74) is 0. The second kappa shape index (κ2) is 8.02. The molecule has 23 heavy (non-hydrogen) atoms. The van der Waals surface area contributed by atoms with Crippen molar-refractivity contribution in [1.29, 1.82) is 0 Å². The highest BCUT2D eigenvalue weighted by Crippen LogP contribution is 2.11. The van der Waals surface area contributed by atoms with E-state index in [1.165, 1.54) is 16.3 Å². The average molecular weight is 341 g/mol. The van der Waals surface area contributed by atoms with E-state index in [0.717, 1.165) is 11.0 Å². The maximum absolute atomic E-state index is 12.4. The van der Waals surface area contributed by atoms with Crippen molar-refractivity contribution in [2.75, 3.05) is 26.7 Å². The number of carbonyl (C=O) groups is 1. The molecule has 0 atom stereocenters. The highest BCUT2D eigenvalue weighted by atomic mass is 32.2. The van der Waals surface area contributed by atoms with E-state index >= 15 is 0 Å². The molecule has 0 fully saturated rings. The van der Waals surface area contributed by atoms with Crippen molar-refractivity contribution in [1.82, 2.24) is 24.0 Å². The molecule has 0 spiro atoms. The second-order valence-electron chi connectivity index (χ2n) is 5.42. The number of nitrogens with zero attached hydrogens (tertiary/aromatic N) is 5. The summed E-state index contributed by atoms with van der Waals surface area (Å²) in [6.45, 7) is 11.9. The summed E-state index contributed by atoms with van der Waals surface area (Å²) in [5, 5.41) is 3.41. The van der Waals surface area contributed by atoms with Crippen LogP contribution in [0.15, 0.2) is 36.8 Å². The Labute approximate surface area is 137 Å². The molecular weight excluding hydrogens is 318 g/mol. The summed E-state index contributed by atoms with van der Waals surface area (Å²) < 4.78 is 26.8. The molecule has 1 rings (SSSR count). The lowest BCUT2D eigenvalue weighted by Gasteiger charge is -2.18. The Kier molecular flexibility index (Phi) is 6.64. The fraction of sp³-hybridized carbons (Fsp3) is 0.500. The van der Waals surface area contributed by atoms with E-state index in [1.54, 1.807) is 12.2 Å². The van der Waals surface area contributed by atoms with Crippen LogP contribution in [-0.2, 0) is 10.0 Å². The Bertz CT molecular complexity index is 656. The van der Waals surface area contributed by atoms with Gasteiger partial charge in [-0.25, -0.2) is 18.2 Å². The van der Waals surface area contributed by atoms with Crippen LogP contribution in [0.25, 0.3) is 0 Å². The molecule has 1 heterocycles. The summed E-state index contributed by atoms with van der Waals surface area (Å²) in [6.07, 6.45) is 4.22. The monoisotopic (exact) mass is 341 g/mol. The van der Waals surface area contributed by atoms with Crippen molar-refractivity contribution in [3.8, 4) is 0 Å². The fourth-order valence-corrected chi connectivity index (χ4v) is 3.04. The maximum atomic E-state index is 12.4. The Morgan fingerprint density at radius 2 is 1.91 bits per heavy atom. The molecule has 128 valence electrons. The quantitative estimate of drug-likeness (QED) is 0.663. The topological polar surface area (TPSA) is 88.4 Å². The molecule has 0 radical (unpaired) electrons. The van der Waals surface area contributed by atoms with Gasteiger partial charge in [0.1, 0.15) is 6.33 Å². The van der Waals surface area contributed by atoms with Crippen LogP contribution in [0, 0.1) is 5.92 Å². The summed E-state index contributed by atoms with van der Waals surface area (Å²) in [5.74, 6) is 0.161. The molecule has 9 heteroatoms. The first-order valence-corrected chi connectivity index (χ1v) is 8.57. The zero-order chi connectivity index (χ0) is 17.6. The smallest absolute Gasteiger partial charge is 0.315 e. The third-order valence-electron chi connectivity index (χ3n) is 2.90. The van der Waals surface area contributed by atoms with Crippen LogP contribution >= 0.6 is 0 Å². The standard InChI is InChI=1S/C14H23N5O3S/c1-6-8-18(9-7-2)14(20)19-11-15-13(16-19)23(21,22)17(5)10-12(3)4/h6-7,11-12H,1-2,8-10H2,3-5H3. The molecule has 1 amide bonds. The lowest BCUT2D eigenvalue weighted by Crippen LogP contribution is -2.35. The van der Waals surface area contributed by atoms with E-state index in [0.29, 0.717) is 19.6 Å². The predicted molar refractivity (Wildman–Crippen MR) is 87.4 cm³/mol. The van der Waals surface area contributed by atoms with Gasteiger partial charge in [0.25, 0.3) is 15.2 Å². The van der Waals surface area contributed by atoms with Gasteiger partial charge in [0.15, 0.2) is 0 Å². The molecule has 0 aromatic carbocycles. The summed E-state index contributed by atoms with van der Waals surface area (Å²) in [6, 6.07) is -0.495. The van der Waals surface area contributed by atoms with Crippen molar-refractivity contribution < 1.29 is 13.2 Å². The zero-order valence-electron chi connectivity index (χ0n) is 13.7. The molecule has 0 N–H and O–H groups in total. The van der Waals surface area contributed by atoms with Gasteiger partial charge in [0.05, 0.1) is 0 Å². The van der Waals surface area contributed by atoms with Gasteiger partial charge < -0.3 is 4.90 Å². The van der Waals surface area contributed by atoms with Gasteiger partial charge in [0.2, 0.25) is 0 Å². The number of rotatable bonds is 8. The van der Waals surface area contributed by atoms with Crippen LogP contribution in [0.3, 0.4) is 0 Å². The molecular formula is C14H23N5O3S.